The van der Waals surface area contributed by atoms with Gasteiger partial charge in [0.15, 0.2) is 5.13 Å². The van der Waals surface area contributed by atoms with Gasteiger partial charge in [0.25, 0.3) is 0 Å². The summed E-state index contributed by atoms with van der Waals surface area (Å²) in [5.74, 6) is -0.0851. The van der Waals surface area contributed by atoms with Crippen molar-refractivity contribution < 1.29 is 4.79 Å². The molecule has 0 aliphatic heterocycles. The minimum Gasteiger partial charge on any atom is -0.302 e. The average Bonchev–Trinajstić information content (AvgIpc) is 2.85. The van der Waals surface area contributed by atoms with E-state index in [1.165, 1.54) is 28.7 Å². The molecule has 6 heteroatoms. The Labute approximate surface area is 133 Å². The predicted molar refractivity (Wildman–Crippen MR) is 89.8 cm³/mol. The van der Waals surface area contributed by atoms with Crippen LogP contribution in [-0.2, 0) is 17.9 Å². The van der Waals surface area contributed by atoms with E-state index >= 15 is 0 Å². The van der Waals surface area contributed by atoms with Crippen LogP contribution in [0.4, 0.5) is 5.13 Å². The van der Waals surface area contributed by atoms with Crippen molar-refractivity contribution >= 4 is 34.1 Å². The SMILES string of the molecule is CSc1ccc(CN(C)Cc2csc(NC(C)=O)n2)cc1. The van der Waals surface area contributed by atoms with Gasteiger partial charge in [-0.1, -0.05) is 12.1 Å². The van der Waals surface area contributed by atoms with Crippen molar-refractivity contribution in [3.8, 4) is 0 Å². The third-order valence-corrected chi connectivity index (χ3v) is 4.43. The number of aromatic nitrogens is 1. The Morgan fingerprint density at radius 2 is 2.05 bits per heavy atom. The minimum absolute atomic E-state index is 0.0851. The molecule has 1 aromatic carbocycles. The van der Waals surface area contributed by atoms with Gasteiger partial charge >= 0.3 is 0 Å². The lowest BCUT2D eigenvalue weighted by molar-refractivity contribution is -0.114. The molecule has 1 amide bonds. The second kappa shape index (κ2) is 7.59. The number of hydrogen-bond acceptors (Lipinski definition) is 5. The molecular weight excluding hydrogens is 302 g/mol. The number of amides is 1. The molecule has 1 aromatic heterocycles. The van der Waals surface area contributed by atoms with Gasteiger partial charge in [0.1, 0.15) is 0 Å². The zero-order chi connectivity index (χ0) is 15.2. The summed E-state index contributed by atoms with van der Waals surface area (Å²) in [5, 5.41) is 5.36. The van der Waals surface area contributed by atoms with Crippen molar-refractivity contribution in [1.29, 1.82) is 0 Å². The van der Waals surface area contributed by atoms with Gasteiger partial charge in [-0.25, -0.2) is 4.98 Å². The molecule has 0 radical (unpaired) electrons. The first-order valence-corrected chi connectivity index (χ1v) is 8.70. The largest absolute Gasteiger partial charge is 0.302 e. The third-order valence-electron chi connectivity index (χ3n) is 2.88. The summed E-state index contributed by atoms with van der Waals surface area (Å²) >= 11 is 3.21. The van der Waals surface area contributed by atoms with Crippen molar-refractivity contribution in [1.82, 2.24) is 9.88 Å². The first kappa shape index (κ1) is 16.0. The van der Waals surface area contributed by atoms with Gasteiger partial charge in [-0.3, -0.25) is 9.69 Å². The number of carbonyl (C=O) groups excluding carboxylic acids is 1. The number of carbonyl (C=O) groups is 1. The summed E-state index contributed by atoms with van der Waals surface area (Å²) in [7, 11) is 2.07. The first-order valence-electron chi connectivity index (χ1n) is 6.60. The first-order chi connectivity index (χ1) is 10.1. The number of hydrogen-bond donors (Lipinski definition) is 1. The molecule has 0 fully saturated rings. The molecule has 0 aliphatic rings. The third kappa shape index (κ3) is 5.15. The fraction of sp³-hybridized carbons (Fsp3) is 0.333. The maximum atomic E-state index is 11.0. The summed E-state index contributed by atoms with van der Waals surface area (Å²) in [6.45, 7) is 3.13. The zero-order valence-corrected chi connectivity index (χ0v) is 14.1. The van der Waals surface area contributed by atoms with Crippen molar-refractivity contribution in [2.24, 2.45) is 0 Å². The predicted octanol–water partition coefficient (Wildman–Crippen LogP) is 3.46. The molecule has 112 valence electrons. The monoisotopic (exact) mass is 321 g/mol. The molecular formula is C15H19N3OS2. The van der Waals surface area contributed by atoms with E-state index in [0.29, 0.717) is 5.13 Å². The van der Waals surface area contributed by atoms with Crippen LogP contribution >= 0.6 is 23.1 Å². The van der Waals surface area contributed by atoms with Crippen LogP contribution < -0.4 is 5.32 Å². The minimum atomic E-state index is -0.0851. The molecule has 2 aromatic rings. The van der Waals surface area contributed by atoms with Crippen LogP contribution in [0.5, 0.6) is 0 Å². The van der Waals surface area contributed by atoms with Gasteiger partial charge in [0.2, 0.25) is 5.91 Å². The van der Waals surface area contributed by atoms with E-state index in [9.17, 15) is 4.79 Å². The quantitative estimate of drug-likeness (QED) is 0.828. The van der Waals surface area contributed by atoms with E-state index in [0.717, 1.165) is 18.8 Å². The lowest BCUT2D eigenvalue weighted by Crippen LogP contribution is -2.17. The molecule has 0 spiro atoms. The normalized spacial score (nSPS) is 10.9. The molecule has 0 saturated heterocycles. The maximum Gasteiger partial charge on any atom is 0.223 e. The Morgan fingerprint density at radius 1 is 1.33 bits per heavy atom. The van der Waals surface area contributed by atoms with Gasteiger partial charge in [0.05, 0.1) is 5.69 Å². The van der Waals surface area contributed by atoms with E-state index in [4.69, 9.17) is 0 Å². The Balaban J connectivity index is 1.89. The van der Waals surface area contributed by atoms with Crippen LogP contribution in [-0.4, -0.2) is 29.1 Å². The van der Waals surface area contributed by atoms with Crippen molar-refractivity contribution in [2.75, 3.05) is 18.6 Å². The van der Waals surface area contributed by atoms with Gasteiger partial charge < -0.3 is 5.32 Å². The zero-order valence-electron chi connectivity index (χ0n) is 12.4. The lowest BCUT2D eigenvalue weighted by Gasteiger charge is -2.15. The van der Waals surface area contributed by atoms with E-state index in [1.54, 1.807) is 11.8 Å². The number of thioether (sulfide) groups is 1. The molecule has 1 heterocycles. The van der Waals surface area contributed by atoms with Crippen LogP contribution in [0.3, 0.4) is 0 Å². The van der Waals surface area contributed by atoms with E-state index < -0.39 is 0 Å². The Kier molecular flexibility index (Phi) is 5.78. The number of rotatable bonds is 6. The lowest BCUT2D eigenvalue weighted by atomic mass is 10.2. The van der Waals surface area contributed by atoms with Crippen LogP contribution in [0.2, 0.25) is 0 Å². The maximum absolute atomic E-state index is 11.0. The summed E-state index contributed by atoms with van der Waals surface area (Å²) < 4.78 is 0. The molecule has 0 atom stereocenters. The van der Waals surface area contributed by atoms with Crippen molar-refractivity contribution in [2.45, 2.75) is 24.9 Å². The molecule has 1 N–H and O–H groups in total. The standard InChI is InChI=1S/C15H19N3OS2/c1-11(19)16-15-17-13(10-21-15)9-18(2)8-12-4-6-14(20-3)7-5-12/h4-7,10H,8-9H2,1-3H3,(H,16,17,19). The highest BCUT2D eigenvalue weighted by molar-refractivity contribution is 7.98. The number of benzene rings is 1. The molecule has 4 nitrogen and oxygen atoms in total. The highest BCUT2D eigenvalue weighted by Crippen LogP contribution is 2.18. The molecule has 2 rings (SSSR count). The number of nitrogens with zero attached hydrogens (tertiary/aromatic N) is 2. The van der Waals surface area contributed by atoms with Gasteiger partial charge in [0, 0.05) is 30.3 Å². The number of thiazole rings is 1. The molecule has 21 heavy (non-hydrogen) atoms. The van der Waals surface area contributed by atoms with Crippen LogP contribution in [0.25, 0.3) is 0 Å². The summed E-state index contributed by atoms with van der Waals surface area (Å²) in [5.41, 5.74) is 2.26. The van der Waals surface area contributed by atoms with Gasteiger partial charge in [-0.2, -0.15) is 0 Å². The second-order valence-electron chi connectivity index (χ2n) is 4.85. The van der Waals surface area contributed by atoms with Crippen LogP contribution in [0.1, 0.15) is 18.2 Å². The topological polar surface area (TPSA) is 45.2 Å². The Morgan fingerprint density at radius 3 is 2.67 bits per heavy atom. The van der Waals surface area contributed by atoms with Gasteiger partial charge in [-0.05, 0) is 31.0 Å². The molecule has 0 saturated carbocycles. The summed E-state index contributed by atoms with van der Waals surface area (Å²) in [4.78, 5) is 18.9. The van der Waals surface area contributed by atoms with Gasteiger partial charge in [-0.15, -0.1) is 23.1 Å². The van der Waals surface area contributed by atoms with Crippen molar-refractivity contribution in [3.05, 3.63) is 40.9 Å². The Hall–Kier alpha value is -1.37. The second-order valence-corrected chi connectivity index (χ2v) is 6.58. The highest BCUT2D eigenvalue weighted by atomic mass is 32.2. The summed E-state index contributed by atoms with van der Waals surface area (Å²) in [6.07, 6.45) is 2.08. The molecule has 0 bridgehead atoms. The highest BCUT2D eigenvalue weighted by Gasteiger charge is 2.07. The van der Waals surface area contributed by atoms with Crippen molar-refractivity contribution in [3.63, 3.8) is 0 Å². The fourth-order valence-electron chi connectivity index (χ4n) is 1.96. The van der Waals surface area contributed by atoms with E-state index in [-0.39, 0.29) is 5.91 Å². The molecule has 0 unspecified atom stereocenters. The summed E-state index contributed by atoms with van der Waals surface area (Å²) in [6, 6.07) is 8.61. The van der Waals surface area contributed by atoms with Crippen LogP contribution in [0.15, 0.2) is 34.5 Å². The molecule has 0 aliphatic carbocycles. The smallest absolute Gasteiger partial charge is 0.223 e. The average molecular weight is 321 g/mol. The number of nitrogens with one attached hydrogen (secondary N) is 1. The van der Waals surface area contributed by atoms with Crippen LogP contribution in [0, 0.1) is 0 Å². The number of anilines is 1. The van der Waals surface area contributed by atoms with E-state index in [1.807, 2.05) is 5.38 Å². The van der Waals surface area contributed by atoms with E-state index in [2.05, 4.69) is 52.8 Å². The Bertz CT molecular complexity index is 595. The fourth-order valence-corrected chi connectivity index (χ4v) is 3.12.